The van der Waals surface area contributed by atoms with Gasteiger partial charge < -0.3 is 15.4 Å². The summed E-state index contributed by atoms with van der Waals surface area (Å²) >= 11 is 0. The molecule has 166 valence electrons. The van der Waals surface area contributed by atoms with Crippen LogP contribution >= 0.6 is 0 Å². The van der Waals surface area contributed by atoms with Gasteiger partial charge in [0.2, 0.25) is 0 Å². The standard InChI is InChI=1S/C26H23FN4O2/c1-17(19-5-4-8-23(14-19)33-2)30-26(32)20-6-3-7-22(13-20)31-25-15-24(28-16-29-25)18-9-11-21(27)12-10-18/h3-17H,1-2H3,(H,30,32)(H,28,29,31). The molecule has 2 N–H and O–H groups in total. The number of halogens is 1. The molecule has 3 aromatic carbocycles. The van der Waals surface area contributed by atoms with Crippen molar-refractivity contribution in [3.63, 3.8) is 0 Å². The minimum Gasteiger partial charge on any atom is -0.497 e. The first-order valence-electron chi connectivity index (χ1n) is 10.4. The number of hydrogen-bond donors (Lipinski definition) is 2. The number of hydrogen-bond acceptors (Lipinski definition) is 5. The number of carbonyl (C=O) groups excluding carboxylic acids is 1. The van der Waals surface area contributed by atoms with Crippen LogP contribution in [0.2, 0.25) is 0 Å². The van der Waals surface area contributed by atoms with Crippen LogP contribution in [0.25, 0.3) is 11.3 Å². The van der Waals surface area contributed by atoms with Gasteiger partial charge in [-0.25, -0.2) is 14.4 Å². The van der Waals surface area contributed by atoms with Crippen molar-refractivity contribution in [2.75, 3.05) is 12.4 Å². The summed E-state index contributed by atoms with van der Waals surface area (Å²) in [4.78, 5) is 21.3. The van der Waals surface area contributed by atoms with Crippen LogP contribution in [0.3, 0.4) is 0 Å². The van der Waals surface area contributed by atoms with Gasteiger partial charge in [-0.3, -0.25) is 4.79 Å². The smallest absolute Gasteiger partial charge is 0.251 e. The minimum atomic E-state index is -0.304. The van der Waals surface area contributed by atoms with E-state index in [1.54, 1.807) is 43.5 Å². The number of methoxy groups -OCH3 is 1. The number of benzene rings is 3. The summed E-state index contributed by atoms with van der Waals surface area (Å²) in [5.74, 6) is 0.807. The zero-order valence-electron chi connectivity index (χ0n) is 18.2. The summed E-state index contributed by atoms with van der Waals surface area (Å²) in [6.45, 7) is 1.92. The Balaban J connectivity index is 1.47. The summed E-state index contributed by atoms with van der Waals surface area (Å²) in [6, 6.07) is 22.4. The third-order valence-electron chi connectivity index (χ3n) is 5.15. The number of amides is 1. The molecule has 1 atom stereocenters. The Morgan fingerprint density at radius 1 is 0.970 bits per heavy atom. The van der Waals surface area contributed by atoms with E-state index in [4.69, 9.17) is 4.74 Å². The lowest BCUT2D eigenvalue weighted by Gasteiger charge is -2.16. The number of rotatable bonds is 7. The lowest BCUT2D eigenvalue weighted by Crippen LogP contribution is -2.26. The third kappa shape index (κ3) is 5.51. The summed E-state index contributed by atoms with van der Waals surface area (Å²) in [6.07, 6.45) is 1.44. The highest BCUT2D eigenvalue weighted by atomic mass is 19.1. The number of nitrogens with one attached hydrogen (secondary N) is 2. The monoisotopic (exact) mass is 442 g/mol. The summed E-state index contributed by atoms with van der Waals surface area (Å²) in [7, 11) is 1.61. The zero-order valence-corrected chi connectivity index (χ0v) is 18.2. The van der Waals surface area contributed by atoms with Gasteiger partial charge in [0.15, 0.2) is 0 Å². The van der Waals surface area contributed by atoms with E-state index in [2.05, 4.69) is 20.6 Å². The molecule has 0 bridgehead atoms. The molecular weight excluding hydrogens is 419 g/mol. The summed E-state index contributed by atoms with van der Waals surface area (Å²) < 4.78 is 18.5. The summed E-state index contributed by atoms with van der Waals surface area (Å²) in [5.41, 5.74) is 3.62. The van der Waals surface area contributed by atoms with E-state index in [0.29, 0.717) is 22.8 Å². The molecule has 1 heterocycles. The second kappa shape index (κ2) is 9.91. The van der Waals surface area contributed by atoms with Crippen molar-refractivity contribution in [1.82, 2.24) is 15.3 Å². The molecular formula is C26H23FN4O2. The topological polar surface area (TPSA) is 76.1 Å². The third-order valence-corrected chi connectivity index (χ3v) is 5.15. The largest absolute Gasteiger partial charge is 0.497 e. The van der Waals surface area contributed by atoms with E-state index in [9.17, 15) is 9.18 Å². The Morgan fingerprint density at radius 2 is 1.76 bits per heavy atom. The highest BCUT2D eigenvalue weighted by molar-refractivity contribution is 5.95. The van der Waals surface area contributed by atoms with Crippen LogP contribution in [0.1, 0.15) is 28.9 Å². The van der Waals surface area contributed by atoms with E-state index in [0.717, 1.165) is 16.9 Å². The van der Waals surface area contributed by atoms with Crippen LogP contribution in [-0.2, 0) is 0 Å². The molecule has 0 aliphatic rings. The number of anilines is 2. The average Bonchev–Trinajstić information content (AvgIpc) is 2.85. The van der Waals surface area contributed by atoms with Gasteiger partial charge in [-0.1, -0.05) is 18.2 Å². The van der Waals surface area contributed by atoms with E-state index in [1.807, 2.05) is 37.3 Å². The van der Waals surface area contributed by atoms with Gasteiger partial charge in [0.1, 0.15) is 23.7 Å². The fourth-order valence-corrected chi connectivity index (χ4v) is 3.36. The molecule has 1 aromatic heterocycles. The number of ether oxygens (including phenoxy) is 1. The summed E-state index contributed by atoms with van der Waals surface area (Å²) in [5, 5.41) is 6.21. The van der Waals surface area contributed by atoms with Crippen LogP contribution in [0.4, 0.5) is 15.9 Å². The molecule has 1 amide bonds. The van der Waals surface area contributed by atoms with Crippen molar-refractivity contribution in [2.45, 2.75) is 13.0 Å². The second-order valence-electron chi connectivity index (χ2n) is 7.47. The first-order valence-corrected chi connectivity index (χ1v) is 10.4. The fraction of sp³-hybridized carbons (Fsp3) is 0.115. The molecule has 4 aromatic rings. The molecule has 0 saturated heterocycles. The van der Waals surface area contributed by atoms with Crippen LogP contribution in [-0.4, -0.2) is 23.0 Å². The molecule has 7 heteroatoms. The lowest BCUT2D eigenvalue weighted by atomic mass is 10.1. The Hall–Kier alpha value is -4.26. The van der Waals surface area contributed by atoms with Crippen molar-refractivity contribution >= 4 is 17.4 Å². The van der Waals surface area contributed by atoms with Gasteiger partial charge in [-0.15, -0.1) is 0 Å². The van der Waals surface area contributed by atoms with E-state index in [-0.39, 0.29) is 17.8 Å². The zero-order chi connectivity index (χ0) is 23.2. The fourth-order valence-electron chi connectivity index (χ4n) is 3.36. The molecule has 6 nitrogen and oxygen atoms in total. The average molecular weight is 442 g/mol. The first kappa shape index (κ1) is 22.0. The molecule has 0 spiro atoms. The highest BCUT2D eigenvalue weighted by Gasteiger charge is 2.13. The molecule has 0 fully saturated rings. The van der Waals surface area contributed by atoms with Gasteiger partial charge in [0.05, 0.1) is 18.8 Å². The SMILES string of the molecule is COc1cccc(C(C)NC(=O)c2cccc(Nc3cc(-c4ccc(F)cc4)ncn3)c2)c1. The molecule has 0 radical (unpaired) electrons. The predicted octanol–water partition coefficient (Wildman–Crippen LogP) is 5.53. The van der Waals surface area contributed by atoms with E-state index < -0.39 is 0 Å². The van der Waals surface area contributed by atoms with Crippen LogP contribution in [0.15, 0.2) is 85.2 Å². The number of aromatic nitrogens is 2. The second-order valence-corrected chi connectivity index (χ2v) is 7.47. The van der Waals surface area contributed by atoms with E-state index in [1.165, 1.54) is 18.5 Å². The lowest BCUT2D eigenvalue weighted by molar-refractivity contribution is 0.0940. The Kier molecular flexibility index (Phi) is 6.59. The molecule has 0 aliphatic heterocycles. The molecule has 4 rings (SSSR count). The minimum absolute atomic E-state index is 0.190. The van der Waals surface area contributed by atoms with E-state index >= 15 is 0 Å². The van der Waals surface area contributed by atoms with Crippen LogP contribution < -0.4 is 15.4 Å². The quantitative estimate of drug-likeness (QED) is 0.394. The van der Waals surface area contributed by atoms with Gasteiger partial charge >= 0.3 is 0 Å². The van der Waals surface area contributed by atoms with Gasteiger partial charge in [-0.05, 0) is 67.1 Å². The maximum absolute atomic E-state index is 13.2. The number of nitrogens with zero attached hydrogens (tertiary/aromatic N) is 2. The molecule has 0 saturated carbocycles. The van der Waals surface area contributed by atoms with Gasteiger partial charge in [-0.2, -0.15) is 0 Å². The number of carbonyl (C=O) groups is 1. The van der Waals surface area contributed by atoms with Crippen molar-refractivity contribution < 1.29 is 13.9 Å². The van der Waals surface area contributed by atoms with Gasteiger partial charge in [0.25, 0.3) is 5.91 Å². The van der Waals surface area contributed by atoms with Gasteiger partial charge in [0, 0.05) is 22.9 Å². The maximum Gasteiger partial charge on any atom is 0.251 e. The Bertz CT molecular complexity index is 1260. The Labute approximate surface area is 191 Å². The van der Waals surface area contributed by atoms with Crippen LogP contribution in [0.5, 0.6) is 5.75 Å². The molecule has 1 unspecified atom stereocenters. The normalized spacial score (nSPS) is 11.5. The van der Waals surface area contributed by atoms with Crippen molar-refractivity contribution in [3.8, 4) is 17.0 Å². The first-order chi connectivity index (χ1) is 16.0. The van der Waals surface area contributed by atoms with Crippen molar-refractivity contribution in [1.29, 1.82) is 0 Å². The predicted molar refractivity (Wildman–Crippen MR) is 126 cm³/mol. The Morgan fingerprint density at radius 3 is 2.55 bits per heavy atom. The van der Waals surface area contributed by atoms with Crippen LogP contribution in [0, 0.1) is 5.82 Å². The molecule has 33 heavy (non-hydrogen) atoms. The van der Waals surface area contributed by atoms with Crippen molar-refractivity contribution in [2.24, 2.45) is 0 Å². The highest BCUT2D eigenvalue weighted by Crippen LogP contribution is 2.23. The maximum atomic E-state index is 13.2. The molecule has 0 aliphatic carbocycles. The van der Waals surface area contributed by atoms with Crippen molar-refractivity contribution in [3.05, 3.63) is 102 Å².